The minimum Gasteiger partial charge on any atom is -0.455 e. The Balaban J connectivity index is 1.53. The highest BCUT2D eigenvalue weighted by molar-refractivity contribution is 5.65. The zero-order valence-corrected chi connectivity index (χ0v) is 26.2. The second-order valence-corrected chi connectivity index (χ2v) is 11.3. The summed E-state index contributed by atoms with van der Waals surface area (Å²) in [4.78, 5) is 24.6. The van der Waals surface area contributed by atoms with Crippen molar-refractivity contribution in [3.8, 4) is 0 Å². The molecular formula is C37H39NO9. The smallest absolute Gasteiger partial charge is 0.388 e. The van der Waals surface area contributed by atoms with Gasteiger partial charge in [0.1, 0.15) is 18.3 Å². The SMILES string of the molecule is CC(=O)OCC1([N+](=O)[O-])O[C@H](COCc2ccccc2)[C@@H](OCc2ccccc2)[C@H](OCc2ccccc2)[C@@H]1OCc1ccccc1. The molecule has 5 atom stereocenters. The first kappa shape index (κ1) is 33.9. The fourth-order valence-electron chi connectivity index (χ4n) is 5.46. The average molecular weight is 642 g/mol. The molecule has 246 valence electrons. The van der Waals surface area contributed by atoms with Gasteiger partial charge in [-0.25, -0.2) is 0 Å². The Kier molecular flexibility index (Phi) is 12.2. The molecule has 4 aromatic carbocycles. The van der Waals surface area contributed by atoms with Crippen molar-refractivity contribution < 1.29 is 38.1 Å². The lowest BCUT2D eigenvalue weighted by Gasteiger charge is -2.47. The maximum absolute atomic E-state index is 13.1. The summed E-state index contributed by atoms with van der Waals surface area (Å²) >= 11 is 0. The van der Waals surface area contributed by atoms with Crippen LogP contribution in [0.2, 0.25) is 0 Å². The van der Waals surface area contributed by atoms with Crippen molar-refractivity contribution in [2.45, 2.75) is 63.5 Å². The summed E-state index contributed by atoms with van der Waals surface area (Å²) in [6, 6.07) is 37.9. The summed E-state index contributed by atoms with van der Waals surface area (Å²) in [6.07, 6.45) is -4.27. The molecular weight excluding hydrogens is 602 g/mol. The van der Waals surface area contributed by atoms with Crippen LogP contribution < -0.4 is 0 Å². The van der Waals surface area contributed by atoms with E-state index in [1.54, 1.807) is 0 Å². The van der Waals surface area contributed by atoms with Crippen LogP contribution in [0.1, 0.15) is 29.2 Å². The third kappa shape index (κ3) is 9.31. The summed E-state index contributed by atoms with van der Waals surface area (Å²) < 4.78 is 37.2. The van der Waals surface area contributed by atoms with Crippen LogP contribution in [0, 0.1) is 10.1 Å². The normalized spacial score (nSPS) is 22.4. The first-order valence-electron chi connectivity index (χ1n) is 15.5. The van der Waals surface area contributed by atoms with Crippen LogP contribution in [-0.2, 0) is 59.6 Å². The van der Waals surface area contributed by atoms with E-state index in [-0.39, 0.29) is 33.0 Å². The first-order valence-corrected chi connectivity index (χ1v) is 15.5. The Bertz CT molecular complexity index is 1520. The van der Waals surface area contributed by atoms with Gasteiger partial charge in [0.05, 0.1) is 38.0 Å². The predicted molar refractivity (Wildman–Crippen MR) is 172 cm³/mol. The van der Waals surface area contributed by atoms with Gasteiger partial charge in [0.25, 0.3) is 0 Å². The highest BCUT2D eigenvalue weighted by Gasteiger charge is 2.66. The molecule has 0 aromatic heterocycles. The molecule has 1 unspecified atom stereocenters. The summed E-state index contributed by atoms with van der Waals surface area (Å²) in [5.41, 5.74) is 1.12. The third-order valence-electron chi connectivity index (χ3n) is 7.82. The van der Waals surface area contributed by atoms with E-state index in [0.29, 0.717) is 0 Å². The van der Waals surface area contributed by atoms with Crippen LogP contribution in [0.5, 0.6) is 0 Å². The van der Waals surface area contributed by atoms with Gasteiger partial charge in [0, 0.05) is 6.92 Å². The van der Waals surface area contributed by atoms with Gasteiger partial charge in [0.2, 0.25) is 0 Å². The maximum atomic E-state index is 13.1. The number of hydrogen-bond acceptors (Lipinski definition) is 9. The minimum absolute atomic E-state index is 0.0102. The molecule has 10 heteroatoms. The Hall–Kier alpha value is -4.45. The van der Waals surface area contributed by atoms with E-state index in [1.807, 2.05) is 121 Å². The molecule has 1 saturated heterocycles. The molecule has 5 rings (SSSR count). The van der Waals surface area contributed by atoms with E-state index in [4.69, 9.17) is 28.4 Å². The van der Waals surface area contributed by atoms with Crippen molar-refractivity contribution in [2.24, 2.45) is 0 Å². The molecule has 0 spiro atoms. The number of nitro groups is 1. The topological polar surface area (TPSA) is 116 Å². The number of hydrogen-bond donors (Lipinski definition) is 0. The number of ether oxygens (including phenoxy) is 6. The van der Waals surface area contributed by atoms with Crippen LogP contribution in [0.25, 0.3) is 0 Å². The van der Waals surface area contributed by atoms with E-state index in [9.17, 15) is 14.9 Å². The molecule has 10 nitrogen and oxygen atoms in total. The Morgan fingerprint density at radius 3 is 1.55 bits per heavy atom. The number of benzene rings is 4. The monoisotopic (exact) mass is 641 g/mol. The van der Waals surface area contributed by atoms with Gasteiger partial charge in [-0.05, 0) is 22.3 Å². The van der Waals surface area contributed by atoms with Crippen molar-refractivity contribution >= 4 is 5.97 Å². The van der Waals surface area contributed by atoms with Crippen molar-refractivity contribution in [1.82, 2.24) is 0 Å². The van der Waals surface area contributed by atoms with Gasteiger partial charge in [0.15, 0.2) is 12.7 Å². The Labute approximate surface area is 274 Å². The molecule has 1 aliphatic rings. The van der Waals surface area contributed by atoms with Gasteiger partial charge in [-0.2, -0.15) is 0 Å². The lowest BCUT2D eigenvalue weighted by atomic mass is 9.90. The zero-order chi connectivity index (χ0) is 32.9. The van der Waals surface area contributed by atoms with Gasteiger partial charge in [-0.3, -0.25) is 14.9 Å². The molecule has 0 aliphatic carbocycles. The first-order chi connectivity index (χ1) is 22.9. The van der Waals surface area contributed by atoms with E-state index in [0.717, 1.165) is 22.3 Å². The molecule has 0 saturated carbocycles. The minimum atomic E-state index is -2.34. The van der Waals surface area contributed by atoms with Crippen molar-refractivity contribution in [2.75, 3.05) is 13.2 Å². The fourth-order valence-corrected chi connectivity index (χ4v) is 5.46. The van der Waals surface area contributed by atoms with Crippen molar-refractivity contribution in [1.29, 1.82) is 0 Å². The fraction of sp³-hybridized carbons (Fsp3) is 0.324. The lowest BCUT2D eigenvalue weighted by Crippen LogP contribution is -2.71. The van der Waals surface area contributed by atoms with Crippen molar-refractivity contribution in [3.63, 3.8) is 0 Å². The van der Waals surface area contributed by atoms with Crippen molar-refractivity contribution in [3.05, 3.63) is 154 Å². The molecule has 1 aliphatic heterocycles. The largest absolute Gasteiger partial charge is 0.455 e. The lowest BCUT2D eigenvalue weighted by molar-refractivity contribution is -0.663. The molecule has 0 N–H and O–H groups in total. The standard InChI is InChI=1S/C37H39NO9/c1-28(39)46-27-37(38(40)41)36(45-25-32-20-12-5-13-21-32)35(44-24-31-18-10-4-11-19-31)34(43-23-30-16-8-3-9-17-30)33(47-37)26-42-22-29-14-6-2-7-15-29/h2-21,33-36H,22-27H2,1H3/t33-,34-,35+,36+,37?/m1/s1. The highest BCUT2D eigenvalue weighted by atomic mass is 16.7. The van der Waals surface area contributed by atoms with E-state index in [1.165, 1.54) is 6.92 Å². The quantitative estimate of drug-likeness (QED) is 0.0839. The molecule has 47 heavy (non-hydrogen) atoms. The zero-order valence-electron chi connectivity index (χ0n) is 26.2. The van der Waals surface area contributed by atoms with Crippen LogP contribution in [-0.4, -0.2) is 54.2 Å². The molecule has 0 amide bonds. The molecule has 0 radical (unpaired) electrons. The van der Waals surface area contributed by atoms with Crippen LogP contribution in [0.15, 0.2) is 121 Å². The highest BCUT2D eigenvalue weighted by Crippen LogP contribution is 2.38. The van der Waals surface area contributed by atoms with Gasteiger partial charge >= 0.3 is 11.7 Å². The number of rotatable bonds is 16. The van der Waals surface area contributed by atoms with E-state index < -0.39 is 47.6 Å². The van der Waals surface area contributed by atoms with Crippen LogP contribution >= 0.6 is 0 Å². The number of carbonyl (C=O) groups is 1. The molecule has 0 bridgehead atoms. The maximum Gasteiger partial charge on any atom is 0.388 e. The van der Waals surface area contributed by atoms with Gasteiger partial charge < -0.3 is 28.4 Å². The Morgan fingerprint density at radius 1 is 0.681 bits per heavy atom. The molecule has 1 heterocycles. The number of esters is 1. The number of nitrogens with zero attached hydrogens (tertiary/aromatic N) is 1. The second kappa shape index (κ2) is 16.9. The summed E-state index contributed by atoms with van der Waals surface area (Å²) in [7, 11) is 0. The summed E-state index contributed by atoms with van der Waals surface area (Å²) in [5.74, 6) is -0.697. The van der Waals surface area contributed by atoms with Gasteiger partial charge in [-0.15, -0.1) is 0 Å². The second-order valence-electron chi connectivity index (χ2n) is 11.3. The third-order valence-corrected chi connectivity index (χ3v) is 7.82. The van der Waals surface area contributed by atoms with E-state index in [2.05, 4.69) is 0 Å². The summed E-state index contributed by atoms with van der Waals surface area (Å²) in [5, 5.41) is 13.1. The molecule has 4 aromatic rings. The predicted octanol–water partition coefficient (Wildman–Crippen LogP) is 5.89. The Morgan fingerprint density at radius 2 is 1.11 bits per heavy atom. The summed E-state index contributed by atoms with van der Waals surface area (Å²) in [6.45, 7) is 0.950. The van der Waals surface area contributed by atoms with Crippen LogP contribution in [0.3, 0.4) is 0 Å². The molecule has 1 fully saturated rings. The van der Waals surface area contributed by atoms with Crippen LogP contribution in [0.4, 0.5) is 0 Å². The number of carbonyl (C=O) groups excluding carboxylic acids is 1. The average Bonchev–Trinajstić information content (AvgIpc) is 3.10. The van der Waals surface area contributed by atoms with Gasteiger partial charge in [-0.1, -0.05) is 121 Å². The van der Waals surface area contributed by atoms with E-state index >= 15 is 0 Å².